The van der Waals surface area contributed by atoms with E-state index in [1.54, 1.807) is 24.3 Å². The number of rotatable bonds is 4. The lowest BCUT2D eigenvalue weighted by atomic mass is 10.2. The third kappa shape index (κ3) is 3.62. The van der Waals surface area contributed by atoms with E-state index in [1.165, 1.54) is 16.2 Å². The van der Waals surface area contributed by atoms with Crippen LogP contribution in [0.4, 0.5) is 5.69 Å². The molecule has 0 radical (unpaired) electrons. The predicted molar refractivity (Wildman–Crippen MR) is 93.2 cm³/mol. The molecule has 120 valence electrons. The van der Waals surface area contributed by atoms with Gasteiger partial charge in [0.05, 0.1) is 4.88 Å². The Hall–Kier alpha value is -2.14. The minimum Gasteiger partial charge on any atom is -0.339 e. The van der Waals surface area contributed by atoms with E-state index in [2.05, 4.69) is 12.2 Å². The van der Waals surface area contributed by atoms with E-state index in [0.717, 1.165) is 32.4 Å². The first-order valence-corrected chi connectivity index (χ1v) is 8.78. The van der Waals surface area contributed by atoms with Gasteiger partial charge in [-0.2, -0.15) is 0 Å². The van der Waals surface area contributed by atoms with Gasteiger partial charge in [-0.3, -0.25) is 9.59 Å². The van der Waals surface area contributed by atoms with Crippen LogP contribution in [-0.4, -0.2) is 29.8 Å². The molecule has 1 aromatic heterocycles. The molecule has 1 N–H and O–H groups in total. The number of hydrogen-bond donors (Lipinski definition) is 1. The molecule has 2 aromatic rings. The number of carbonyl (C=O) groups excluding carboxylic acids is 2. The second-order valence-electron chi connectivity index (χ2n) is 5.65. The van der Waals surface area contributed by atoms with Gasteiger partial charge >= 0.3 is 0 Å². The second-order valence-corrected chi connectivity index (χ2v) is 6.82. The summed E-state index contributed by atoms with van der Waals surface area (Å²) in [4.78, 5) is 28.3. The predicted octanol–water partition coefficient (Wildman–Crippen LogP) is 3.80. The van der Waals surface area contributed by atoms with Gasteiger partial charge in [0.2, 0.25) is 0 Å². The molecule has 0 saturated carbocycles. The lowest BCUT2D eigenvalue weighted by Gasteiger charge is -2.15. The van der Waals surface area contributed by atoms with Gasteiger partial charge in [-0.25, -0.2) is 0 Å². The first-order valence-electron chi connectivity index (χ1n) is 7.97. The van der Waals surface area contributed by atoms with Crippen molar-refractivity contribution in [1.82, 2.24) is 4.90 Å². The number of amides is 2. The fourth-order valence-corrected chi connectivity index (χ4v) is 3.52. The lowest BCUT2D eigenvalue weighted by molar-refractivity contribution is 0.0792. The molecule has 0 aliphatic carbocycles. The van der Waals surface area contributed by atoms with Crippen molar-refractivity contribution in [3.8, 4) is 0 Å². The van der Waals surface area contributed by atoms with E-state index in [4.69, 9.17) is 0 Å². The zero-order valence-electron chi connectivity index (χ0n) is 13.2. The van der Waals surface area contributed by atoms with Crippen molar-refractivity contribution in [2.45, 2.75) is 26.2 Å². The maximum absolute atomic E-state index is 12.3. The molecule has 0 unspecified atom stereocenters. The number of carbonyl (C=O) groups is 2. The van der Waals surface area contributed by atoms with Crippen LogP contribution in [-0.2, 0) is 6.42 Å². The molecule has 2 heterocycles. The summed E-state index contributed by atoms with van der Waals surface area (Å²) in [5, 5.41) is 2.88. The molecule has 2 amide bonds. The SMILES string of the molecule is CCc1ccc(C(=O)Nc2ccc(C(=O)N3CCCC3)cc2)s1. The van der Waals surface area contributed by atoms with Gasteiger partial charge in [0, 0.05) is 29.2 Å². The third-order valence-corrected chi connectivity index (χ3v) is 5.25. The summed E-state index contributed by atoms with van der Waals surface area (Å²) in [6, 6.07) is 11.0. The highest BCUT2D eigenvalue weighted by atomic mass is 32.1. The molecule has 1 saturated heterocycles. The van der Waals surface area contributed by atoms with Gasteiger partial charge in [0.15, 0.2) is 0 Å². The van der Waals surface area contributed by atoms with Crippen molar-refractivity contribution in [3.05, 3.63) is 51.7 Å². The number of hydrogen-bond acceptors (Lipinski definition) is 3. The molecular formula is C18H20N2O2S. The Morgan fingerprint density at radius 3 is 2.39 bits per heavy atom. The summed E-state index contributed by atoms with van der Waals surface area (Å²) in [6.07, 6.45) is 3.10. The molecule has 1 fully saturated rings. The van der Waals surface area contributed by atoms with Crippen molar-refractivity contribution < 1.29 is 9.59 Å². The molecule has 0 bridgehead atoms. The Labute approximate surface area is 140 Å². The van der Waals surface area contributed by atoms with Gasteiger partial charge in [-0.15, -0.1) is 11.3 Å². The quantitative estimate of drug-likeness (QED) is 0.928. The van der Waals surface area contributed by atoms with Crippen molar-refractivity contribution in [2.75, 3.05) is 18.4 Å². The molecule has 1 aliphatic rings. The monoisotopic (exact) mass is 328 g/mol. The Bertz CT molecular complexity index is 700. The van der Waals surface area contributed by atoms with E-state index in [0.29, 0.717) is 16.1 Å². The average Bonchev–Trinajstić information content (AvgIpc) is 3.26. The largest absolute Gasteiger partial charge is 0.339 e. The molecule has 1 aromatic carbocycles. The lowest BCUT2D eigenvalue weighted by Crippen LogP contribution is -2.27. The first kappa shape index (κ1) is 15.7. The molecular weight excluding hydrogens is 308 g/mol. The number of nitrogens with zero attached hydrogens (tertiary/aromatic N) is 1. The van der Waals surface area contributed by atoms with Crippen LogP contribution >= 0.6 is 11.3 Å². The normalized spacial score (nSPS) is 14.0. The zero-order chi connectivity index (χ0) is 16.2. The van der Waals surface area contributed by atoms with Gasteiger partial charge in [-0.05, 0) is 55.7 Å². The summed E-state index contributed by atoms with van der Waals surface area (Å²) in [6.45, 7) is 3.76. The Morgan fingerprint density at radius 1 is 1.09 bits per heavy atom. The van der Waals surface area contributed by atoms with Gasteiger partial charge in [-0.1, -0.05) is 6.92 Å². The Morgan fingerprint density at radius 2 is 1.78 bits per heavy atom. The minimum absolute atomic E-state index is 0.0752. The first-order chi connectivity index (χ1) is 11.2. The topological polar surface area (TPSA) is 49.4 Å². The van der Waals surface area contributed by atoms with E-state index in [-0.39, 0.29) is 11.8 Å². The van der Waals surface area contributed by atoms with Crippen LogP contribution in [0.15, 0.2) is 36.4 Å². The van der Waals surface area contributed by atoms with Crippen molar-refractivity contribution in [1.29, 1.82) is 0 Å². The van der Waals surface area contributed by atoms with Crippen LogP contribution in [0.1, 0.15) is 44.7 Å². The van der Waals surface area contributed by atoms with E-state index < -0.39 is 0 Å². The Kier molecular flexibility index (Phi) is 4.76. The summed E-state index contributed by atoms with van der Waals surface area (Å²) < 4.78 is 0. The highest BCUT2D eigenvalue weighted by Crippen LogP contribution is 2.20. The summed E-state index contributed by atoms with van der Waals surface area (Å²) in [5.74, 6) is -0.0282. The minimum atomic E-state index is -0.103. The van der Waals surface area contributed by atoms with Crippen molar-refractivity contribution in [2.24, 2.45) is 0 Å². The molecule has 4 nitrogen and oxygen atoms in total. The number of likely N-dealkylation sites (tertiary alicyclic amines) is 1. The fraction of sp³-hybridized carbons (Fsp3) is 0.333. The molecule has 0 atom stereocenters. The van der Waals surface area contributed by atoms with Crippen LogP contribution in [0.5, 0.6) is 0 Å². The van der Waals surface area contributed by atoms with E-state index in [9.17, 15) is 9.59 Å². The summed E-state index contributed by atoms with van der Waals surface area (Å²) in [7, 11) is 0. The maximum atomic E-state index is 12.3. The highest BCUT2D eigenvalue weighted by molar-refractivity contribution is 7.14. The standard InChI is InChI=1S/C18H20N2O2S/c1-2-15-9-10-16(23-15)17(21)19-14-7-5-13(6-8-14)18(22)20-11-3-4-12-20/h5-10H,2-4,11-12H2,1H3,(H,19,21). The van der Waals surface area contributed by atoms with Crippen LogP contribution in [0.2, 0.25) is 0 Å². The summed E-state index contributed by atoms with van der Waals surface area (Å²) >= 11 is 1.51. The van der Waals surface area contributed by atoms with Gasteiger partial charge < -0.3 is 10.2 Å². The Balaban J connectivity index is 1.65. The highest BCUT2D eigenvalue weighted by Gasteiger charge is 2.19. The molecule has 1 aliphatic heterocycles. The average molecular weight is 328 g/mol. The zero-order valence-corrected chi connectivity index (χ0v) is 14.0. The van der Waals surface area contributed by atoms with E-state index >= 15 is 0 Å². The smallest absolute Gasteiger partial charge is 0.265 e. The molecule has 5 heteroatoms. The second kappa shape index (κ2) is 6.96. The molecule has 3 rings (SSSR count). The van der Waals surface area contributed by atoms with Crippen molar-refractivity contribution >= 4 is 28.8 Å². The molecule has 0 spiro atoms. The summed E-state index contributed by atoms with van der Waals surface area (Å²) in [5.41, 5.74) is 1.38. The van der Waals surface area contributed by atoms with Crippen LogP contribution in [0, 0.1) is 0 Å². The number of nitrogens with one attached hydrogen (secondary N) is 1. The maximum Gasteiger partial charge on any atom is 0.265 e. The van der Waals surface area contributed by atoms with Crippen LogP contribution in [0.25, 0.3) is 0 Å². The number of anilines is 1. The van der Waals surface area contributed by atoms with Gasteiger partial charge in [0.1, 0.15) is 0 Å². The number of benzene rings is 1. The van der Waals surface area contributed by atoms with Crippen LogP contribution < -0.4 is 5.32 Å². The fourth-order valence-electron chi connectivity index (χ4n) is 2.68. The van der Waals surface area contributed by atoms with E-state index in [1.807, 2.05) is 17.0 Å². The number of thiophene rings is 1. The van der Waals surface area contributed by atoms with Gasteiger partial charge in [0.25, 0.3) is 11.8 Å². The molecule has 23 heavy (non-hydrogen) atoms. The van der Waals surface area contributed by atoms with Crippen LogP contribution in [0.3, 0.4) is 0 Å². The third-order valence-electron chi connectivity index (χ3n) is 4.02. The van der Waals surface area contributed by atoms with Crippen molar-refractivity contribution in [3.63, 3.8) is 0 Å². The number of aryl methyl sites for hydroxylation is 1.